The number of carbonyl (C=O) groups excluding carboxylic acids is 1. The predicted octanol–water partition coefficient (Wildman–Crippen LogP) is 4.52. The SMILES string of the molecule is Cc1cc(C)c(NC(=O)CN[C@H](C)c2ccc(F)cc2F)c(Cl)c1. The topological polar surface area (TPSA) is 41.1 Å². The lowest BCUT2D eigenvalue weighted by Crippen LogP contribution is -2.30. The van der Waals surface area contributed by atoms with Crippen molar-refractivity contribution in [3.63, 3.8) is 0 Å². The maximum Gasteiger partial charge on any atom is 0.238 e. The molecular formula is C18H19ClF2N2O. The van der Waals surface area contributed by atoms with Crippen molar-refractivity contribution in [2.75, 3.05) is 11.9 Å². The van der Waals surface area contributed by atoms with Gasteiger partial charge in [-0.2, -0.15) is 0 Å². The smallest absolute Gasteiger partial charge is 0.238 e. The highest BCUT2D eigenvalue weighted by Gasteiger charge is 2.14. The van der Waals surface area contributed by atoms with Gasteiger partial charge in [-0.3, -0.25) is 4.79 Å². The average molecular weight is 353 g/mol. The van der Waals surface area contributed by atoms with E-state index in [2.05, 4.69) is 10.6 Å². The lowest BCUT2D eigenvalue weighted by atomic mass is 10.1. The van der Waals surface area contributed by atoms with Gasteiger partial charge in [0.1, 0.15) is 11.6 Å². The fourth-order valence-electron chi connectivity index (χ4n) is 2.47. The van der Waals surface area contributed by atoms with Crippen LogP contribution in [0.3, 0.4) is 0 Å². The van der Waals surface area contributed by atoms with Crippen molar-refractivity contribution in [2.24, 2.45) is 0 Å². The van der Waals surface area contributed by atoms with Gasteiger partial charge in [0.15, 0.2) is 0 Å². The van der Waals surface area contributed by atoms with Gasteiger partial charge in [-0.25, -0.2) is 8.78 Å². The third-order valence-electron chi connectivity index (χ3n) is 3.69. The normalized spacial score (nSPS) is 12.1. The molecule has 3 nitrogen and oxygen atoms in total. The minimum absolute atomic E-state index is 0.0262. The lowest BCUT2D eigenvalue weighted by molar-refractivity contribution is -0.115. The van der Waals surface area contributed by atoms with E-state index in [0.29, 0.717) is 16.3 Å². The second-order valence-electron chi connectivity index (χ2n) is 5.76. The molecule has 0 fully saturated rings. The highest BCUT2D eigenvalue weighted by Crippen LogP contribution is 2.27. The summed E-state index contributed by atoms with van der Waals surface area (Å²) in [7, 11) is 0. The molecule has 1 amide bonds. The Bertz CT molecular complexity index is 742. The molecule has 2 N–H and O–H groups in total. The number of halogens is 3. The molecule has 24 heavy (non-hydrogen) atoms. The zero-order valence-corrected chi connectivity index (χ0v) is 14.5. The van der Waals surface area contributed by atoms with Gasteiger partial charge in [0.2, 0.25) is 5.91 Å². The van der Waals surface area contributed by atoms with Crippen LogP contribution in [0, 0.1) is 25.5 Å². The monoisotopic (exact) mass is 352 g/mol. The van der Waals surface area contributed by atoms with Crippen molar-refractivity contribution >= 4 is 23.2 Å². The molecular weight excluding hydrogens is 334 g/mol. The van der Waals surface area contributed by atoms with E-state index < -0.39 is 17.7 Å². The number of benzene rings is 2. The Morgan fingerprint density at radius 1 is 1.21 bits per heavy atom. The summed E-state index contributed by atoms with van der Waals surface area (Å²) in [6.07, 6.45) is 0. The van der Waals surface area contributed by atoms with E-state index in [1.165, 1.54) is 12.1 Å². The minimum Gasteiger partial charge on any atom is -0.323 e. The molecule has 2 rings (SSSR count). The molecule has 6 heteroatoms. The molecule has 0 aromatic heterocycles. The molecule has 0 unspecified atom stereocenters. The zero-order chi connectivity index (χ0) is 17.9. The lowest BCUT2D eigenvalue weighted by Gasteiger charge is -2.16. The van der Waals surface area contributed by atoms with E-state index in [0.717, 1.165) is 17.2 Å². The third-order valence-corrected chi connectivity index (χ3v) is 3.99. The summed E-state index contributed by atoms with van der Waals surface area (Å²) in [6, 6.07) is 6.63. The number of anilines is 1. The maximum absolute atomic E-state index is 13.7. The van der Waals surface area contributed by atoms with Gasteiger partial charge < -0.3 is 10.6 Å². The quantitative estimate of drug-likeness (QED) is 0.830. The second-order valence-corrected chi connectivity index (χ2v) is 6.16. The number of hydrogen-bond donors (Lipinski definition) is 2. The highest BCUT2D eigenvalue weighted by molar-refractivity contribution is 6.34. The molecule has 0 radical (unpaired) electrons. The summed E-state index contributed by atoms with van der Waals surface area (Å²) in [5.74, 6) is -1.57. The van der Waals surface area contributed by atoms with Crippen LogP contribution in [0.25, 0.3) is 0 Å². The first-order valence-corrected chi connectivity index (χ1v) is 7.90. The molecule has 128 valence electrons. The van der Waals surface area contributed by atoms with E-state index in [-0.39, 0.29) is 12.5 Å². The summed E-state index contributed by atoms with van der Waals surface area (Å²) >= 11 is 6.15. The Morgan fingerprint density at radius 2 is 1.92 bits per heavy atom. The number of rotatable bonds is 5. The summed E-state index contributed by atoms with van der Waals surface area (Å²) in [5.41, 5.74) is 2.74. The van der Waals surface area contributed by atoms with Crippen LogP contribution in [-0.2, 0) is 4.79 Å². The van der Waals surface area contributed by atoms with E-state index in [1.807, 2.05) is 19.9 Å². The molecule has 0 spiro atoms. The maximum atomic E-state index is 13.7. The van der Waals surface area contributed by atoms with Crippen LogP contribution in [0.5, 0.6) is 0 Å². The molecule has 0 saturated carbocycles. The molecule has 0 saturated heterocycles. The van der Waals surface area contributed by atoms with Crippen molar-refractivity contribution in [2.45, 2.75) is 26.8 Å². The Hall–Kier alpha value is -1.98. The third kappa shape index (κ3) is 4.52. The van der Waals surface area contributed by atoms with E-state index >= 15 is 0 Å². The van der Waals surface area contributed by atoms with Gasteiger partial charge in [0.25, 0.3) is 0 Å². The van der Waals surface area contributed by atoms with Crippen LogP contribution in [-0.4, -0.2) is 12.5 Å². The van der Waals surface area contributed by atoms with Gasteiger partial charge >= 0.3 is 0 Å². The Labute approximate surface area is 145 Å². The average Bonchev–Trinajstić information content (AvgIpc) is 2.48. The van der Waals surface area contributed by atoms with Crippen molar-refractivity contribution < 1.29 is 13.6 Å². The Kier molecular flexibility index (Phi) is 5.91. The van der Waals surface area contributed by atoms with Crippen molar-refractivity contribution in [3.05, 3.63) is 63.7 Å². The molecule has 0 heterocycles. The zero-order valence-electron chi connectivity index (χ0n) is 13.7. The van der Waals surface area contributed by atoms with E-state index in [4.69, 9.17) is 11.6 Å². The number of aryl methyl sites for hydroxylation is 2. The van der Waals surface area contributed by atoms with Gasteiger partial charge in [-0.1, -0.05) is 23.7 Å². The van der Waals surface area contributed by atoms with Crippen LogP contribution < -0.4 is 10.6 Å². The summed E-state index contributed by atoms with van der Waals surface area (Å²) in [4.78, 5) is 12.1. The van der Waals surface area contributed by atoms with Crippen molar-refractivity contribution in [3.8, 4) is 0 Å². The number of carbonyl (C=O) groups is 1. The molecule has 2 aromatic carbocycles. The predicted molar refractivity (Wildman–Crippen MR) is 92.3 cm³/mol. The van der Waals surface area contributed by atoms with Crippen molar-refractivity contribution in [1.82, 2.24) is 5.32 Å². The molecule has 0 aliphatic heterocycles. The fourth-order valence-corrected chi connectivity index (χ4v) is 2.83. The molecule has 0 aliphatic rings. The van der Waals surface area contributed by atoms with Gasteiger partial charge in [-0.15, -0.1) is 0 Å². The van der Waals surface area contributed by atoms with Crippen LogP contribution in [0.1, 0.15) is 29.7 Å². The van der Waals surface area contributed by atoms with Crippen LogP contribution in [0.4, 0.5) is 14.5 Å². The number of nitrogens with one attached hydrogen (secondary N) is 2. The second kappa shape index (κ2) is 7.73. The first-order chi connectivity index (χ1) is 11.3. The molecule has 2 aromatic rings. The first kappa shape index (κ1) is 18.4. The molecule has 1 atom stereocenters. The number of hydrogen-bond acceptors (Lipinski definition) is 2. The van der Waals surface area contributed by atoms with E-state index in [9.17, 15) is 13.6 Å². The van der Waals surface area contributed by atoms with Crippen LogP contribution in [0.15, 0.2) is 30.3 Å². The Morgan fingerprint density at radius 3 is 2.54 bits per heavy atom. The minimum atomic E-state index is -0.646. The Balaban J connectivity index is 1.98. The van der Waals surface area contributed by atoms with Crippen LogP contribution >= 0.6 is 11.6 Å². The number of amides is 1. The van der Waals surface area contributed by atoms with Gasteiger partial charge in [-0.05, 0) is 44.0 Å². The standard InChI is InChI=1S/C18H19ClF2N2O/c1-10-6-11(2)18(15(19)7-10)23-17(24)9-22-12(3)14-5-4-13(20)8-16(14)21/h4-8,12,22H,9H2,1-3H3,(H,23,24)/t12-/m1/s1. The fraction of sp³-hybridized carbons (Fsp3) is 0.278. The largest absolute Gasteiger partial charge is 0.323 e. The van der Waals surface area contributed by atoms with Crippen LogP contribution in [0.2, 0.25) is 5.02 Å². The molecule has 0 aliphatic carbocycles. The van der Waals surface area contributed by atoms with Gasteiger partial charge in [0, 0.05) is 17.7 Å². The summed E-state index contributed by atoms with van der Waals surface area (Å²) < 4.78 is 26.7. The highest BCUT2D eigenvalue weighted by atomic mass is 35.5. The summed E-state index contributed by atoms with van der Waals surface area (Å²) in [5, 5.41) is 6.13. The van der Waals surface area contributed by atoms with Gasteiger partial charge in [0.05, 0.1) is 17.3 Å². The van der Waals surface area contributed by atoms with Crippen molar-refractivity contribution in [1.29, 1.82) is 0 Å². The first-order valence-electron chi connectivity index (χ1n) is 7.53. The molecule has 0 bridgehead atoms. The summed E-state index contributed by atoms with van der Waals surface area (Å²) in [6.45, 7) is 5.46. The van der Waals surface area contributed by atoms with E-state index in [1.54, 1.807) is 13.0 Å².